The summed E-state index contributed by atoms with van der Waals surface area (Å²) in [6.45, 7) is 7.56. The highest BCUT2D eigenvalue weighted by atomic mass is 19.4. The van der Waals surface area contributed by atoms with Gasteiger partial charge in [-0.05, 0) is 27.7 Å². The van der Waals surface area contributed by atoms with Crippen LogP contribution in [0.3, 0.4) is 0 Å². The lowest BCUT2D eigenvalue weighted by molar-refractivity contribution is -0.276. The Morgan fingerprint density at radius 1 is 1.10 bits per heavy atom. The molecule has 2 heterocycles. The third-order valence-corrected chi connectivity index (χ3v) is 3.50. The predicted octanol–water partition coefficient (Wildman–Crippen LogP) is 2.28. The van der Waals surface area contributed by atoms with Crippen LogP contribution in [0, 0.1) is 0 Å². The van der Waals surface area contributed by atoms with E-state index in [0.717, 1.165) is 6.07 Å². The van der Waals surface area contributed by atoms with E-state index in [1.165, 1.54) is 12.3 Å². The van der Waals surface area contributed by atoms with Crippen molar-refractivity contribution in [3.8, 4) is 5.88 Å². The van der Waals surface area contributed by atoms with Gasteiger partial charge in [0.25, 0.3) is 0 Å². The number of ether oxygens (including phenoxy) is 1. The molecule has 0 aromatic carbocycles. The van der Waals surface area contributed by atoms with E-state index < -0.39 is 30.6 Å². The van der Waals surface area contributed by atoms with Crippen LogP contribution in [0.5, 0.6) is 5.88 Å². The summed E-state index contributed by atoms with van der Waals surface area (Å²) in [5, 5.41) is 0. The molecule has 0 radical (unpaired) electrons. The van der Waals surface area contributed by atoms with Crippen LogP contribution in [0.25, 0.3) is 0 Å². The third kappa shape index (κ3) is 3.07. The van der Waals surface area contributed by atoms with Gasteiger partial charge in [0.05, 0.1) is 11.2 Å². The Morgan fingerprint density at radius 3 is 2.05 bits per heavy atom. The molecule has 0 atom stereocenters. The fourth-order valence-electron chi connectivity index (χ4n) is 1.69. The van der Waals surface area contributed by atoms with Gasteiger partial charge in [-0.1, -0.05) is 6.07 Å². The van der Waals surface area contributed by atoms with E-state index in [0.29, 0.717) is 5.46 Å². The highest BCUT2D eigenvalue weighted by molar-refractivity contribution is 6.62. The number of hydrogen-bond donors (Lipinski definition) is 0. The summed E-state index contributed by atoms with van der Waals surface area (Å²) in [5.74, 6) is -0.516. The minimum absolute atomic E-state index is 0.515. The molecular weight excluding hydrogens is 274 g/mol. The Kier molecular flexibility index (Phi) is 3.50. The van der Waals surface area contributed by atoms with Crippen LogP contribution >= 0.6 is 0 Å². The number of aromatic nitrogens is 1. The van der Waals surface area contributed by atoms with Gasteiger partial charge in [0.1, 0.15) is 0 Å². The van der Waals surface area contributed by atoms with E-state index in [4.69, 9.17) is 9.31 Å². The Morgan fingerprint density at radius 2 is 1.65 bits per heavy atom. The summed E-state index contributed by atoms with van der Waals surface area (Å²) in [5.41, 5.74) is -0.490. The summed E-state index contributed by atoms with van der Waals surface area (Å²) in [7, 11) is -0.660. The first-order valence-electron chi connectivity index (χ1n) is 6.07. The molecule has 0 bridgehead atoms. The molecule has 8 heteroatoms. The summed E-state index contributed by atoms with van der Waals surface area (Å²) in [6.07, 6.45) is -3.50. The molecule has 1 saturated heterocycles. The average molecular weight is 289 g/mol. The molecule has 0 unspecified atom stereocenters. The zero-order valence-corrected chi connectivity index (χ0v) is 11.6. The second-order valence-electron chi connectivity index (χ2n) is 5.57. The molecule has 0 amide bonds. The lowest BCUT2D eigenvalue weighted by Crippen LogP contribution is -2.41. The smallest absolute Gasteiger partial charge is 0.399 e. The van der Waals surface area contributed by atoms with E-state index in [-0.39, 0.29) is 0 Å². The van der Waals surface area contributed by atoms with Gasteiger partial charge >= 0.3 is 13.5 Å². The van der Waals surface area contributed by atoms with Gasteiger partial charge < -0.3 is 14.0 Å². The monoisotopic (exact) mass is 289 g/mol. The fraction of sp³-hybridized carbons (Fsp3) is 0.583. The van der Waals surface area contributed by atoms with Gasteiger partial charge in [-0.3, -0.25) is 0 Å². The lowest BCUT2D eigenvalue weighted by atomic mass is 9.80. The van der Waals surface area contributed by atoms with Crippen LogP contribution in [-0.2, 0) is 9.31 Å². The molecule has 4 nitrogen and oxygen atoms in total. The van der Waals surface area contributed by atoms with Gasteiger partial charge in [0.2, 0.25) is 5.88 Å². The maximum Gasteiger partial charge on any atom is 0.574 e. The van der Waals surface area contributed by atoms with E-state index in [2.05, 4.69) is 9.72 Å². The molecule has 1 fully saturated rings. The molecule has 0 spiro atoms. The number of alkyl halides is 3. The molecule has 1 aliphatic heterocycles. The molecule has 1 aliphatic rings. The van der Waals surface area contributed by atoms with Crippen LogP contribution in [0.4, 0.5) is 13.2 Å². The van der Waals surface area contributed by atoms with Crippen molar-refractivity contribution in [2.24, 2.45) is 0 Å². The number of rotatable bonds is 2. The normalized spacial score (nSPS) is 21.1. The van der Waals surface area contributed by atoms with E-state index >= 15 is 0 Å². The first-order valence-corrected chi connectivity index (χ1v) is 6.07. The molecule has 2 rings (SSSR count). The number of halogens is 3. The minimum Gasteiger partial charge on any atom is -0.399 e. The number of hydrogen-bond acceptors (Lipinski definition) is 4. The van der Waals surface area contributed by atoms with E-state index in [1.54, 1.807) is 0 Å². The molecule has 0 saturated carbocycles. The van der Waals surface area contributed by atoms with Crippen LogP contribution < -0.4 is 10.2 Å². The molecule has 110 valence electrons. The maximum atomic E-state index is 12.0. The SMILES string of the molecule is CC1(C)OB(c2ccc(OC(F)(F)F)nc2)OC1(C)C. The molecule has 1 aromatic heterocycles. The standard InChI is InChI=1S/C12H15BF3NO3/c1-10(2)11(3,4)20-13(19-10)8-5-6-9(17-7-8)18-12(14,15)16/h5-7H,1-4H3. The van der Waals surface area contributed by atoms with Crippen LogP contribution in [0.15, 0.2) is 18.3 Å². The Labute approximate surface area is 115 Å². The summed E-state index contributed by atoms with van der Waals surface area (Å²) in [4.78, 5) is 3.60. The summed E-state index contributed by atoms with van der Waals surface area (Å²) >= 11 is 0. The summed E-state index contributed by atoms with van der Waals surface area (Å²) < 4.78 is 51.3. The number of nitrogens with zero attached hydrogens (tertiary/aromatic N) is 1. The Hall–Kier alpha value is -1.28. The second kappa shape index (κ2) is 4.63. The highest BCUT2D eigenvalue weighted by Crippen LogP contribution is 2.36. The zero-order valence-electron chi connectivity index (χ0n) is 11.6. The van der Waals surface area contributed by atoms with Gasteiger partial charge in [0.15, 0.2) is 0 Å². The van der Waals surface area contributed by atoms with Crippen LogP contribution in [0.2, 0.25) is 0 Å². The highest BCUT2D eigenvalue weighted by Gasteiger charge is 2.51. The van der Waals surface area contributed by atoms with Crippen molar-refractivity contribution in [2.75, 3.05) is 0 Å². The number of pyridine rings is 1. The molecule has 20 heavy (non-hydrogen) atoms. The topological polar surface area (TPSA) is 40.6 Å². The second-order valence-corrected chi connectivity index (χ2v) is 5.57. The fourth-order valence-corrected chi connectivity index (χ4v) is 1.69. The van der Waals surface area contributed by atoms with Crippen molar-refractivity contribution in [3.63, 3.8) is 0 Å². The van der Waals surface area contributed by atoms with Crippen molar-refractivity contribution in [1.29, 1.82) is 0 Å². The maximum absolute atomic E-state index is 12.0. The Bertz CT molecular complexity index is 472. The van der Waals surface area contributed by atoms with Gasteiger partial charge in [-0.25, -0.2) is 4.98 Å². The van der Waals surface area contributed by atoms with Gasteiger partial charge in [0, 0.05) is 17.7 Å². The van der Waals surface area contributed by atoms with Crippen molar-refractivity contribution in [3.05, 3.63) is 18.3 Å². The van der Waals surface area contributed by atoms with Crippen LogP contribution in [0.1, 0.15) is 27.7 Å². The van der Waals surface area contributed by atoms with Gasteiger partial charge in [-0.2, -0.15) is 0 Å². The van der Waals surface area contributed by atoms with Gasteiger partial charge in [-0.15, -0.1) is 13.2 Å². The van der Waals surface area contributed by atoms with Crippen molar-refractivity contribution in [1.82, 2.24) is 4.98 Å². The first kappa shape index (κ1) is 15.1. The zero-order chi connectivity index (χ0) is 15.2. The summed E-state index contributed by atoms with van der Waals surface area (Å²) in [6, 6.07) is 2.57. The lowest BCUT2D eigenvalue weighted by Gasteiger charge is -2.32. The molecule has 1 aromatic rings. The minimum atomic E-state index is -4.75. The average Bonchev–Trinajstić information content (AvgIpc) is 2.47. The van der Waals surface area contributed by atoms with Crippen molar-refractivity contribution < 1.29 is 27.2 Å². The van der Waals surface area contributed by atoms with E-state index in [9.17, 15) is 13.2 Å². The van der Waals surface area contributed by atoms with Crippen LogP contribution in [-0.4, -0.2) is 29.7 Å². The third-order valence-electron chi connectivity index (χ3n) is 3.50. The van der Waals surface area contributed by atoms with Crippen molar-refractivity contribution in [2.45, 2.75) is 45.3 Å². The quantitative estimate of drug-likeness (QED) is 0.783. The Balaban J connectivity index is 2.12. The largest absolute Gasteiger partial charge is 0.574 e. The predicted molar refractivity (Wildman–Crippen MR) is 66.6 cm³/mol. The first-order chi connectivity index (χ1) is 9.00. The molecular formula is C12H15BF3NO3. The van der Waals surface area contributed by atoms with Crippen molar-refractivity contribution >= 4 is 12.6 Å². The van der Waals surface area contributed by atoms with E-state index in [1.807, 2.05) is 27.7 Å². The molecule has 0 aliphatic carbocycles. The molecule has 0 N–H and O–H groups in total.